The molecule has 0 saturated carbocycles. The molecule has 0 fully saturated rings. The van der Waals surface area contributed by atoms with Crippen molar-refractivity contribution in [3.8, 4) is 0 Å². The third-order valence-corrected chi connectivity index (χ3v) is 3.45. The molecule has 0 radical (unpaired) electrons. The molecule has 10 heteroatoms. The topological polar surface area (TPSA) is 137 Å². The highest BCUT2D eigenvalue weighted by atomic mass is 79.9. The van der Waals surface area contributed by atoms with Gasteiger partial charge in [0.2, 0.25) is 11.8 Å². The van der Waals surface area contributed by atoms with Crippen molar-refractivity contribution in [1.82, 2.24) is 10.6 Å². The van der Waals surface area contributed by atoms with Gasteiger partial charge in [-0.1, -0.05) is 15.9 Å². The van der Waals surface area contributed by atoms with Gasteiger partial charge in [-0.25, -0.2) is 9.59 Å². The zero-order chi connectivity index (χ0) is 20.2. The molecular weight excluding hydrogens is 410 g/mol. The van der Waals surface area contributed by atoms with Gasteiger partial charge in [-0.2, -0.15) is 0 Å². The molecule has 0 rings (SSSR count). The number of amides is 2. The monoisotopic (exact) mass is 437 g/mol. The molecule has 0 aromatic rings. The summed E-state index contributed by atoms with van der Waals surface area (Å²) in [6.07, 6.45) is 0.634. The van der Waals surface area contributed by atoms with Gasteiger partial charge in [0.1, 0.15) is 11.6 Å². The first-order chi connectivity index (χ1) is 12.0. The number of rotatable bonds is 10. The van der Waals surface area contributed by atoms with Crippen LogP contribution in [0.25, 0.3) is 0 Å². The summed E-state index contributed by atoms with van der Waals surface area (Å²) in [7, 11) is 0. The Hall–Kier alpha value is -1.68. The van der Waals surface area contributed by atoms with Crippen LogP contribution in [0.5, 0.6) is 0 Å². The first-order valence-corrected chi connectivity index (χ1v) is 9.47. The summed E-state index contributed by atoms with van der Waals surface area (Å²) in [6, 6.07) is -0.933. The smallest absolute Gasteiger partial charge is 0.428 e. The van der Waals surface area contributed by atoms with Gasteiger partial charge in [-0.15, -0.1) is 0 Å². The fourth-order valence-electron chi connectivity index (χ4n) is 1.71. The molecule has 26 heavy (non-hydrogen) atoms. The van der Waals surface area contributed by atoms with Crippen molar-refractivity contribution in [2.45, 2.75) is 58.1 Å². The number of esters is 1. The lowest BCUT2D eigenvalue weighted by Gasteiger charge is -2.19. The van der Waals surface area contributed by atoms with E-state index in [0.29, 0.717) is 25.8 Å². The third kappa shape index (κ3) is 13.6. The van der Waals surface area contributed by atoms with Crippen LogP contribution in [0.2, 0.25) is 0 Å². The molecule has 0 aromatic carbocycles. The second-order valence-corrected chi connectivity index (χ2v) is 7.13. The molecule has 0 unspecified atom stereocenters. The van der Waals surface area contributed by atoms with E-state index in [1.54, 1.807) is 20.8 Å². The zero-order valence-electron chi connectivity index (χ0n) is 15.4. The minimum absolute atomic E-state index is 0.173. The maximum atomic E-state index is 11.7. The van der Waals surface area contributed by atoms with Gasteiger partial charge in [0.15, 0.2) is 0 Å². The zero-order valence-corrected chi connectivity index (χ0v) is 17.0. The van der Waals surface area contributed by atoms with E-state index in [0.717, 1.165) is 0 Å². The van der Waals surface area contributed by atoms with E-state index < -0.39 is 23.8 Å². The first-order valence-electron chi connectivity index (χ1n) is 8.34. The fraction of sp³-hybridized carbons (Fsp3) is 0.750. The molecule has 0 aliphatic heterocycles. The predicted molar refractivity (Wildman–Crippen MR) is 98.6 cm³/mol. The summed E-state index contributed by atoms with van der Waals surface area (Å²) < 4.78 is 9.39. The molecule has 0 heterocycles. The standard InChI is InChI=1S/C16H28BrN3O6/c1-16(2,3)26-15(24)25-14(23)11(18)6-4-5-8-19-12(21)7-9-20-13(22)10-17/h11H,4-10,18H2,1-3H3,(H,19,21)(H,20,22)/t11-/m0/s1. The molecule has 0 bridgehead atoms. The van der Waals surface area contributed by atoms with Gasteiger partial charge in [-0.3, -0.25) is 9.59 Å². The molecule has 1 atom stereocenters. The van der Waals surface area contributed by atoms with E-state index in [1.165, 1.54) is 0 Å². The Balaban J connectivity index is 3.79. The van der Waals surface area contributed by atoms with Crippen molar-refractivity contribution >= 4 is 39.9 Å². The molecule has 0 aliphatic carbocycles. The second-order valence-electron chi connectivity index (χ2n) is 6.57. The lowest BCUT2D eigenvalue weighted by Crippen LogP contribution is -2.36. The van der Waals surface area contributed by atoms with Crippen LogP contribution in [0.4, 0.5) is 4.79 Å². The van der Waals surface area contributed by atoms with Crippen LogP contribution < -0.4 is 16.4 Å². The number of carbonyl (C=O) groups is 4. The van der Waals surface area contributed by atoms with Crippen molar-refractivity contribution in [2.24, 2.45) is 5.73 Å². The summed E-state index contributed by atoms with van der Waals surface area (Å²) in [4.78, 5) is 45.5. The summed E-state index contributed by atoms with van der Waals surface area (Å²) in [6.45, 7) is 5.67. The highest BCUT2D eigenvalue weighted by Gasteiger charge is 2.23. The normalized spacial score (nSPS) is 12.0. The number of ether oxygens (including phenoxy) is 2. The Morgan fingerprint density at radius 3 is 2.23 bits per heavy atom. The number of hydrogen-bond acceptors (Lipinski definition) is 7. The van der Waals surface area contributed by atoms with Gasteiger partial charge >= 0.3 is 12.1 Å². The molecule has 4 N–H and O–H groups in total. The Kier molecular flexibility index (Phi) is 11.8. The van der Waals surface area contributed by atoms with Gasteiger partial charge in [0.25, 0.3) is 0 Å². The lowest BCUT2D eigenvalue weighted by atomic mass is 10.1. The molecule has 0 aromatic heterocycles. The summed E-state index contributed by atoms with van der Waals surface area (Å²) >= 11 is 3.01. The second kappa shape index (κ2) is 12.6. The van der Waals surface area contributed by atoms with Gasteiger partial charge in [0, 0.05) is 19.5 Å². The fourth-order valence-corrected chi connectivity index (χ4v) is 1.91. The van der Waals surface area contributed by atoms with Gasteiger partial charge < -0.3 is 25.8 Å². The maximum Gasteiger partial charge on any atom is 0.516 e. The van der Waals surface area contributed by atoms with E-state index in [1.807, 2.05) is 0 Å². The van der Waals surface area contributed by atoms with Gasteiger partial charge in [0.05, 0.1) is 5.33 Å². The number of unbranched alkanes of at least 4 members (excludes halogenated alkanes) is 1. The largest absolute Gasteiger partial charge is 0.516 e. The number of alkyl halides is 1. The Morgan fingerprint density at radius 2 is 1.65 bits per heavy atom. The number of halogens is 1. The van der Waals surface area contributed by atoms with Crippen LogP contribution >= 0.6 is 15.9 Å². The molecule has 0 aliphatic rings. The van der Waals surface area contributed by atoms with Crippen LogP contribution in [0.3, 0.4) is 0 Å². The third-order valence-electron chi connectivity index (χ3n) is 2.94. The highest BCUT2D eigenvalue weighted by Crippen LogP contribution is 2.09. The molecule has 0 spiro atoms. The molecule has 9 nitrogen and oxygen atoms in total. The lowest BCUT2D eigenvalue weighted by molar-refractivity contribution is -0.143. The SMILES string of the molecule is CC(C)(C)OC(=O)OC(=O)[C@@H](N)CCCCNC(=O)CCNC(=O)CBr. The Labute approximate surface area is 161 Å². The van der Waals surface area contributed by atoms with Crippen molar-refractivity contribution in [3.05, 3.63) is 0 Å². The van der Waals surface area contributed by atoms with Crippen LogP contribution in [0.15, 0.2) is 0 Å². The average Bonchev–Trinajstić information content (AvgIpc) is 2.52. The average molecular weight is 438 g/mol. The number of nitrogens with two attached hydrogens (primary N) is 1. The molecule has 2 amide bonds. The number of carbonyl (C=O) groups excluding carboxylic acids is 4. The summed E-state index contributed by atoms with van der Waals surface area (Å²) in [5, 5.41) is 5.47. The summed E-state index contributed by atoms with van der Waals surface area (Å²) in [5.74, 6) is -1.19. The van der Waals surface area contributed by atoms with Crippen molar-refractivity contribution in [1.29, 1.82) is 0 Å². The molecule has 150 valence electrons. The van der Waals surface area contributed by atoms with E-state index in [4.69, 9.17) is 10.5 Å². The van der Waals surface area contributed by atoms with Crippen LogP contribution in [0, 0.1) is 0 Å². The minimum atomic E-state index is -1.07. The van der Waals surface area contributed by atoms with Crippen LogP contribution in [0.1, 0.15) is 46.5 Å². The van der Waals surface area contributed by atoms with E-state index in [2.05, 4.69) is 31.3 Å². The molecule has 0 saturated heterocycles. The molecular formula is C16H28BrN3O6. The quantitative estimate of drug-likeness (QED) is 0.200. The summed E-state index contributed by atoms with van der Waals surface area (Å²) in [5.41, 5.74) is 4.91. The van der Waals surface area contributed by atoms with Crippen LogP contribution in [-0.2, 0) is 23.9 Å². The number of hydrogen-bond donors (Lipinski definition) is 3. The maximum absolute atomic E-state index is 11.7. The Bertz CT molecular complexity index is 493. The highest BCUT2D eigenvalue weighted by molar-refractivity contribution is 9.09. The van der Waals surface area contributed by atoms with Crippen molar-refractivity contribution in [2.75, 3.05) is 18.4 Å². The number of nitrogens with one attached hydrogen (secondary N) is 2. The van der Waals surface area contributed by atoms with Crippen molar-refractivity contribution < 1.29 is 28.7 Å². The predicted octanol–water partition coefficient (Wildman–Crippen LogP) is 0.980. The van der Waals surface area contributed by atoms with Crippen LogP contribution in [-0.4, -0.2) is 54.0 Å². The minimum Gasteiger partial charge on any atom is -0.428 e. The Morgan fingerprint density at radius 1 is 1.04 bits per heavy atom. The van der Waals surface area contributed by atoms with E-state index >= 15 is 0 Å². The van der Waals surface area contributed by atoms with E-state index in [9.17, 15) is 19.2 Å². The van der Waals surface area contributed by atoms with E-state index in [-0.39, 0.29) is 30.1 Å². The first kappa shape index (κ1) is 24.3. The van der Waals surface area contributed by atoms with Crippen molar-refractivity contribution in [3.63, 3.8) is 0 Å². The van der Waals surface area contributed by atoms with Gasteiger partial charge in [-0.05, 0) is 40.0 Å².